The molecule has 1 aliphatic heterocycles. The molecule has 3 rings (SSSR count). The molecule has 0 spiro atoms. The van der Waals surface area contributed by atoms with Gasteiger partial charge < -0.3 is 14.8 Å². The van der Waals surface area contributed by atoms with E-state index in [1.54, 1.807) is 24.3 Å². The molecule has 2 aromatic carbocycles. The van der Waals surface area contributed by atoms with E-state index in [2.05, 4.69) is 15.4 Å². The van der Waals surface area contributed by atoms with Crippen molar-refractivity contribution >= 4 is 23.4 Å². The number of ether oxygens (including phenoxy) is 2. The fourth-order valence-corrected chi connectivity index (χ4v) is 2.01. The summed E-state index contributed by atoms with van der Waals surface area (Å²) in [5, 5.41) is 5.27. The number of para-hydroxylation sites is 2. The van der Waals surface area contributed by atoms with Gasteiger partial charge in [-0.2, -0.15) is 0 Å². The molecule has 0 radical (unpaired) electrons. The average molecular weight is 284 g/mol. The first-order valence-electron chi connectivity index (χ1n) is 6.24. The van der Waals surface area contributed by atoms with E-state index in [9.17, 15) is 9.59 Å². The number of hydrogen-bond acceptors (Lipinski definition) is 4. The lowest BCUT2D eigenvalue weighted by Crippen LogP contribution is -2.13. The van der Waals surface area contributed by atoms with Crippen molar-refractivity contribution < 1.29 is 19.1 Å². The highest BCUT2D eigenvalue weighted by Gasteiger charge is 2.21. The Kier molecular flexibility index (Phi) is 3.19. The van der Waals surface area contributed by atoms with Crippen molar-refractivity contribution in [3.8, 4) is 11.5 Å². The van der Waals surface area contributed by atoms with Gasteiger partial charge in [-0.25, -0.2) is 4.79 Å². The van der Waals surface area contributed by atoms with Gasteiger partial charge in [-0.05, 0) is 30.3 Å². The Balaban J connectivity index is 1.98. The molecule has 0 fully saturated rings. The predicted octanol–water partition coefficient (Wildman–Crippen LogP) is 3.22. The van der Waals surface area contributed by atoms with Gasteiger partial charge in [0.25, 0.3) is 5.91 Å². The van der Waals surface area contributed by atoms with Gasteiger partial charge in [-0.3, -0.25) is 10.1 Å². The van der Waals surface area contributed by atoms with Crippen molar-refractivity contribution in [2.24, 2.45) is 0 Å². The summed E-state index contributed by atoms with van der Waals surface area (Å²) in [5.41, 5.74) is 1.38. The number of hydrogen-bond donors (Lipinski definition) is 2. The van der Waals surface area contributed by atoms with Crippen LogP contribution in [0.5, 0.6) is 11.5 Å². The molecule has 21 heavy (non-hydrogen) atoms. The van der Waals surface area contributed by atoms with Crippen LogP contribution in [0.25, 0.3) is 0 Å². The standard InChI is InChI=1S/C15H12N2O4/c1-20-15(19)16-9-6-7-12-10(8-9)14(18)17-11-4-2-3-5-13(11)21-12/h2-8H,1H3,(H,16,19)(H,17,18). The zero-order valence-corrected chi connectivity index (χ0v) is 11.2. The molecule has 0 saturated carbocycles. The number of rotatable bonds is 1. The van der Waals surface area contributed by atoms with Gasteiger partial charge in [0.1, 0.15) is 5.75 Å². The van der Waals surface area contributed by atoms with E-state index in [1.165, 1.54) is 13.2 Å². The van der Waals surface area contributed by atoms with Crippen molar-refractivity contribution in [3.63, 3.8) is 0 Å². The lowest BCUT2D eigenvalue weighted by molar-refractivity contribution is 0.102. The SMILES string of the molecule is COC(=O)Nc1ccc2c(c1)C(=O)Nc1ccccc1O2. The first-order chi connectivity index (χ1) is 10.2. The van der Waals surface area contributed by atoms with E-state index in [1.807, 2.05) is 12.1 Å². The van der Waals surface area contributed by atoms with Crippen LogP contribution in [0.2, 0.25) is 0 Å². The molecule has 0 bridgehead atoms. The number of carbonyl (C=O) groups is 2. The van der Waals surface area contributed by atoms with Crippen molar-refractivity contribution in [1.82, 2.24) is 0 Å². The molecule has 106 valence electrons. The summed E-state index contributed by atoms with van der Waals surface area (Å²) in [7, 11) is 1.27. The number of nitrogens with one attached hydrogen (secondary N) is 2. The van der Waals surface area contributed by atoms with Gasteiger partial charge in [0, 0.05) is 5.69 Å². The molecular weight excluding hydrogens is 272 g/mol. The number of anilines is 2. The molecule has 1 heterocycles. The van der Waals surface area contributed by atoms with Gasteiger partial charge in [-0.15, -0.1) is 0 Å². The Bertz CT molecular complexity index is 727. The summed E-state index contributed by atoms with van der Waals surface area (Å²) in [5.74, 6) is 0.689. The maximum absolute atomic E-state index is 12.2. The van der Waals surface area contributed by atoms with Gasteiger partial charge in [-0.1, -0.05) is 12.1 Å². The molecule has 1 aliphatic rings. The first kappa shape index (κ1) is 13.0. The van der Waals surface area contributed by atoms with Crippen LogP contribution < -0.4 is 15.4 Å². The second-order valence-corrected chi connectivity index (χ2v) is 4.38. The largest absolute Gasteiger partial charge is 0.454 e. The van der Waals surface area contributed by atoms with Crippen LogP contribution in [-0.4, -0.2) is 19.1 Å². The van der Waals surface area contributed by atoms with Crippen molar-refractivity contribution in [3.05, 3.63) is 48.0 Å². The minimum atomic E-state index is -0.604. The van der Waals surface area contributed by atoms with Crippen LogP contribution in [0.3, 0.4) is 0 Å². The molecule has 2 N–H and O–H groups in total. The van der Waals surface area contributed by atoms with E-state index in [-0.39, 0.29) is 5.91 Å². The molecule has 0 aliphatic carbocycles. The Hall–Kier alpha value is -3.02. The lowest BCUT2D eigenvalue weighted by Gasteiger charge is -2.09. The van der Waals surface area contributed by atoms with Gasteiger partial charge in [0.15, 0.2) is 5.75 Å². The summed E-state index contributed by atoms with van der Waals surface area (Å²) >= 11 is 0. The Morgan fingerprint density at radius 3 is 2.81 bits per heavy atom. The smallest absolute Gasteiger partial charge is 0.411 e. The van der Waals surface area contributed by atoms with Gasteiger partial charge >= 0.3 is 6.09 Å². The minimum absolute atomic E-state index is 0.302. The Labute approximate surface area is 120 Å². The monoisotopic (exact) mass is 284 g/mol. The summed E-state index contributed by atoms with van der Waals surface area (Å²) in [6.07, 6.45) is -0.604. The molecule has 2 amide bonds. The zero-order valence-electron chi connectivity index (χ0n) is 11.2. The Morgan fingerprint density at radius 1 is 1.19 bits per heavy atom. The summed E-state index contributed by atoms with van der Waals surface area (Å²) in [6, 6.07) is 12.0. The second kappa shape index (κ2) is 5.16. The van der Waals surface area contributed by atoms with E-state index < -0.39 is 6.09 Å². The van der Waals surface area contributed by atoms with Gasteiger partial charge in [0.05, 0.1) is 18.4 Å². The van der Waals surface area contributed by atoms with E-state index >= 15 is 0 Å². The molecule has 0 atom stereocenters. The number of fused-ring (bicyclic) bond motifs is 2. The van der Waals surface area contributed by atoms with Crippen LogP contribution >= 0.6 is 0 Å². The van der Waals surface area contributed by atoms with Crippen LogP contribution in [0.15, 0.2) is 42.5 Å². The molecule has 0 unspecified atom stereocenters. The van der Waals surface area contributed by atoms with Crippen molar-refractivity contribution in [1.29, 1.82) is 0 Å². The van der Waals surface area contributed by atoms with Crippen LogP contribution in [0.1, 0.15) is 10.4 Å². The predicted molar refractivity (Wildman–Crippen MR) is 76.9 cm³/mol. The minimum Gasteiger partial charge on any atom is -0.454 e. The molecular formula is C15H12N2O4. The topological polar surface area (TPSA) is 76.7 Å². The maximum Gasteiger partial charge on any atom is 0.411 e. The highest BCUT2D eigenvalue weighted by Crippen LogP contribution is 2.36. The second-order valence-electron chi connectivity index (χ2n) is 4.38. The molecule has 0 saturated heterocycles. The number of methoxy groups -OCH3 is 1. The van der Waals surface area contributed by atoms with Crippen LogP contribution in [-0.2, 0) is 4.74 Å². The average Bonchev–Trinajstić information content (AvgIpc) is 2.63. The van der Waals surface area contributed by atoms with Crippen LogP contribution in [0, 0.1) is 0 Å². The van der Waals surface area contributed by atoms with Gasteiger partial charge in [0.2, 0.25) is 0 Å². The number of benzene rings is 2. The summed E-state index contributed by atoms with van der Waals surface area (Å²) < 4.78 is 10.3. The van der Waals surface area contributed by atoms with Crippen molar-refractivity contribution in [2.75, 3.05) is 17.7 Å². The normalized spacial score (nSPS) is 12.1. The number of amides is 2. The van der Waals surface area contributed by atoms with E-state index in [0.717, 1.165) is 0 Å². The highest BCUT2D eigenvalue weighted by atomic mass is 16.5. The zero-order chi connectivity index (χ0) is 14.8. The first-order valence-corrected chi connectivity index (χ1v) is 6.24. The van der Waals surface area contributed by atoms with E-state index in [0.29, 0.717) is 28.4 Å². The molecule has 0 aromatic heterocycles. The summed E-state index contributed by atoms with van der Waals surface area (Å²) in [6.45, 7) is 0. The Morgan fingerprint density at radius 2 is 2.00 bits per heavy atom. The fourth-order valence-electron chi connectivity index (χ4n) is 2.01. The molecule has 2 aromatic rings. The third kappa shape index (κ3) is 2.51. The number of carbonyl (C=O) groups excluding carboxylic acids is 2. The highest BCUT2D eigenvalue weighted by molar-refractivity contribution is 6.08. The third-order valence-corrected chi connectivity index (χ3v) is 3.01. The lowest BCUT2D eigenvalue weighted by atomic mass is 10.1. The maximum atomic E-state index is 12.2. The molecule has 6 heteroatoms. The quantitative estimate of drug-likeness (QED) is 0.843. The fraction of sp³-hybridized carbons (Fsp3) is 0.0667. The molecule has 6 nitrogen and oxygen atoms in total. The third-order valence-electron chi connectivity index (χ3n) is 3.01. The van der Waals surface area contributed by atoms with E-state index in [4.69, 9.17) is 4.74 Å². The summed E-state index contributed by atoms with van der Waals surface area (Å²) in [4.78, 5) is 23.5. The van der Waals surface area contributed by atoms with Crippen LogP contribution in [0.4, 0.5) is 16.2 Å². The van der Waals surface area contributed by atoms with Crippen molar-refractivity contribution in [2.45, 2.75) is 0 Å².